The summed E-state index contributed by atoms with van der Waals surface area (Å²) < 4.78 is 22.8. The van der Waals surface area contributed by atoms with Crippen LogP contribution in [0.2, 0.25) is 0 Å². The van der Waals surface area contributed by atoms with Gasteiger partial charge in [0, 0.05) is 12.8 Å². The zero-order valence-electron chi connectivity index (χ0n) is 44.8. The van der Waals surface area contributed by atoms with E-state index in [4.69, 9.17) is 18.9 Å². The van der Waals surface area contributed by atoms with Gasteiger partial charge in [0.2, 0.25) is 0 Å². The number of carboxylic acid groups (broad SMARTS) is 1. The van der Waals surface area contributed by atoms with Gasteiger partial charge in [-0.3, -0.25) is 9.59 Å². The number of rotatable bonds is 51. The second kappa shape index (κ2) is 50.4. The van der Waals surface area contributed by atoms with E-state index in [9.17, 15) is 19.5 Å². The molecule has 0 aromatic carbocycles. The molecule has 0 saturated carbocycles. The van der Waals surface area contributed by atoms with Crippen LogP contribution in [-0.2, 0) is 33.3 Å². The second-order valence-electron chi connectivity index (χ2n) is 19.9. The third-order valence-electron chi connectivity index (χ3n) is 12.0. The predicted octanol–water partition coefficient (Wildman–Crippen LogP) is 16.1. The molecule has 0 bridgehead atoms. The van der Waals surface area contributed by atoms with Crippen molar-refractivity contribution in [3.05, 3.63) is 60.8 Å². The highest BCUT2D eigenvalue weighted by Gasteiger charge is 2.25. The Morgan fingerprint density at radius 1 is 0.456 bits per heavy atom. The molecule has 0 aliphatic rings. The van der Waals surface area contributed by atoms with E-state index in [1.807, 2.05) is 21.1 Å². The molecule has 0 rings (SSSR count). The molecule has 2 unspecified atom stereocenters. The largest absolute Gasteiger partial charge is 0.477 e. The van der Waals surface area contributed by atoms with E-state index in [1.54, 1.807) is 0 Å². The monoisotopic (exact) mass is 957 g/mol. The van der Waals surface area contributed by atoms with Gasteiger partial charge >= 0.3 is 17.9 Å². The number of ether oxygens (including phenoxy) is 4. The molecule has 0 aliphatic heterocycles. The summed E-state index contributed by atoms with van der Waals surface area (Å²) in [4.78, 5) is 37.3. The Balaban J connectivity index is 4.25. The first-order valence-corrected chi connectivity index (χ1v) is 28.0. The van der Waals surface area contributed by atoms with Crippen molar-refractivity contribution in [2.75, 3.05) is 47.5 Å². The number of aliphatic carboxylic acids is 1. The van der Waals surface area contributed by atoms with Crippen molar-refractivity contribution in [3.63, 3.8) is 0 Å². The highest BCUT2D eigenvalue weighted by Crippen LogP contribution is 2.17. The zero-order chi connectivity index (χ0) is 49.9. The number of hydrogen-bond acceptors (Lipinski definition) is 7. The fourth-order valence-electron chi connectivity index (χ4n) is 7.76. The smallest absolute Gasteiger partial charge is 0.361 e. The van der Waals surface area contributed by atoms with Crippen LogP contribution in [0, 0.1) is 0 Å². The van der Waals surface area contributed by atoms with Crippen LogP contribution >= 0.6 is 0 Å². The number of nitrogens with zero attached hydrogens (tertiary/aromatic N) is 1. The Hall–Kier alpha value is -3.01. The summed E-state index contributed by atoms with van der Waals surface area (Å²) in [5.41, 5.74) is 0. The third-order valence-corrected chi connectivity index (χ3v) is 12.0. The molecule has 0 heterocycles. The maximum absolute atomic E-state index is 12.8. The summed E-state index contributed by atoms with van der Waals surface area (Å²) in [6.07, 6.45) is 60.3. The van der Waals surface area contributed by atoms with Gasteiger partial charge in [-0.15, -0.1) is 0 Å². The SMILES string of the molecule is CC/C=C\C/C=C\C/C=C\C/C=C\C/C=C\CCCC(=O)OC(COC(=O)CCCCCCCCCCCCCCCCCCCCCCCCCCCC)COC(OCC[N+](C)(C)C)C(=O)O. The molecular formula is C59H106NO8+. The van der Waals surface area contributed by atoms with Crippen LogP contribution in [0.25, 0.3) is 0 Å². The van der Waals surface area contributed by atoms with E-state index in [-0.39, 0.29) is 32.2 Å². The van der Waals surface area contributed by atoms with Gasteiger partial charge in [-0.05, 0) is 51.4 Å². The highest BCUT2D eigenvalue weighted by molar-refractivity contribution is 5.71. The van der Waals surface area contributed by atoms with Crippen LogP contribution in [0.4, 0.5) is 0 Å². The first-order chi connectivity index (χ1) is 33.1. The maximum atomic E-state index is 12.8. The van der Waals surface area contributed by atoms with E-state index in [0.717, 1.165) is 57.8 Å². The Morgan fingerprint density at radius 3 is 1.24 bits per heavy atom. The van der Waals surface area contributed by atoms with Crippen molar-refractivity contribution in [1.82, 2.24) is 0 Å². The molecule has 1 N–H and O–H groups in total. The van der Waals surface area contributed by atoms with Crippen molar-refractivity contribution in [2.45, 2.75) is 251 Å². The summed E-state index contributed by atoms with van der Waals surface area (Å²) in [6.45, 7) is 4.72. The van der Waals surface area contributed by atoms with Gasteiger partial charge in [0.15, 0.2) is 6.10 Å². The van der Waals surface area contributed by atoms with Gasteiger partial charge < -0.3 is 28.5 Å². The summed E-state index contributed by atoms with van der Waals surface area (Å²) in [5.74, 6) is -2.08. The first-order valence-electron chi connectivity index (χ1n) is 28.0. The number of carboxylic acids is 1. The average Bonchev–Trinajstić information content (AvgIpc) is 3.30. The number of unbranched alkanes of at least 4 members (excludes halogenated alkanes) is 26. The van der Waals surface area contributed by atoms with Gasteiger partial charge in [-0.25, -0.2) is 4.79 Å². The lowest BCUT2D eigenvalue weighted by Crippen LogP contribution is -2.40. The number of quaternary nitrogens is 1. The van der Waals surface area contributed by atoms with E-state index in [2.05, 4.69) is 74.6 Å². The minimum Gasteiger partial charge on any atom is -0.477 e. The average molecular weight is 957 g/mol. The van der Waals surface area contributed by atoms with Crippen LogP contribution in [0.3, 0.4) is 0 Å². The van der Waals surface area contributed by atoms with Gasteiger partial charge in [0.25, 0.3) is 6.29 Å². The number of hydrogen-bond donors (Lipinski definition) is 1. The van der Waals surface area contributed by atoms with E-state index in [1.165, 1.54) is 148 Å². The molecule has 68 heavy (non-hydrogen) atoms. The first kappa shape index (κ1) is 65.0. The standard InChI is InChI=1S/C59H105NO8/c1-6-8-10-12-14-16-18-20-22-24-25-26-27-28-29-30-31-32-34-35-37-39-41-43-45-47-49-56(61)66-53-55(54-67-59(58(63)64)65-52-51-60(3,4)5)68-57(62)50-48-46-44-42-40-38-36-33-23-21-19-17-15-13-11-9-7-2/h9,11,15,17,21,23,36,38,42,44,55,59H,6-8,10,12-14,16,18-20,22,24-35,37,39-41,43,45-54H2,1-5H3/p+1/b11-9-,17-15-,23-21-,38-36-,44-42-. The Bertz CT molecular complexity index is 1300. The molecule has 0 aromatic heterocycles. The van der Waals surface area contributed by atoms with Crippen LogP contribution < -0.4 is 0 Å². The number of likely N-dealkylation sites (N-methyl/N-ethyl adjacent to an activating group) is 1. The summed E-state index contributed by atoms with van der Waals surface area (Å²) in [6, 6.07) is 0. The molecule has 0 amide bonds. The molecule has 0 radical (unpaired) electrons. The minimum atomic E-state index is -1.53. The predicted molar refractivity (Wildman–Crippen MR) is 286 cm³/mol. The Labute approximate surface area is 418 Å². The van der Waals surface area contributed by atoms with Gasteiger partial charge in [0.05, 0.1) is 34.4 Å². The number of esters is 2. The third kappa shape index (κ3) is 50.9. The quantitative estimate of drug-likeness (QED) is 0.0211. The van der Waals surface area contributed by atoms with Crippen LogP contribution in [0.1, 0.15) is 239 Å². The molecule has 2 atom stereocenters. The highest BCUT2D eigenvalue weighted by atomic mass is 16.7. The number of carbonyl (C=O) groups is 3. The molecule has 0 aromatic rings. The lowest BCUT2D eigenvalue weighted by Gasteiger charge is -2.25. The molecule has 9 heteroatoms. The minimum absolute atomic E-state index is 0.176. The topological polar surface area (TPSA) is 108 Å². The van der Waals surface area contributed by atoms with Gasteiger partial charge in [-0.2, -0.15) is 0 Å². The molecule has 9 nitrogen and oxygen atoms in total. The fraction of sp³-hybridized carbons (Fsp3) is 0.780. The zero-order valence-corrected chi connectivity index (χ0v) is 44.8. The molecule has 0 fully saturated rings. The van der Waals surface area contributed by atoms with Crippen LogP contribution in [-0.4, -0.2) is 87.4 Å². The summed E-state index contributed by atoms with van der Waals surface area (Å²) in [7, 11) is 5.95. The Morgan fingerprint density at radius 2 is 0.838 bits per heavy atom. The second-order valence-corrected chi connectivity index (χ2v) is 19.9. The summed E-state index contributed by atoms with van der Waals surface area (Å²) in [5, 5.41) is 9.68. The Kier molecular flexibility index (Phi) is 48.2. The molecule has 394 valence electrons. The van der Waals surface area contributed by atoms with Gasteiger partial charge in [-0.1, -0.05) is 235 Å². The van der Waals surface area contributed by atoms with E-state index < -0.39 is 24.3 Å². The van der Waals surface area contributed by atoms with E-state index >= 15 is 0 Å². The molecule has 0 aliphatic carbocycles. The maximum Gasteiger partial charge on any atom is 0.361 e. The van der Waals surface area contributed by atoms with Crippen molar-refractivity contribution in [1.29, 1.82) is 0 Å². The van der Waals surface area contributed by atoms with Crippen molar-refractivity contribution >= 4 is 17.9 Å². The van der Waals surface area contributed by atoms with Crippen LogP contribution in [0.15, 0.2) is 60.8 Å². The van der Waals surface area contributed by atoms with Crippen molar-refractivity contribution < 1.29 is 42.9 Å². The van der Waals surface area contributed by atoms with Crippen molar-refractivity contribution in [2.24, 2.45) is 0 Å². The van der Waals surface area contributed by atoms with Crippen molar-refractivity contribution in [3.8, 4) is 0 Å². The van der Waals surface area contributed by atoms with Crippen LogP contribution in [0.5, 0.6) is 0 Å². The lowest BCUT2D eigenvalue weighted by molar-refractivity contribution is -0.870. The fourth-order valence-corrected chi connectivity index (χ4v) is 7.76. The normalized spacial score (nSPS) is 13.2. The lowest BCUT2D eigenvalue weighted by atomic mass is 10.0. The molecule has 0 spiro atoms. The molecule has 0 saturated heterocycles. The number of allylic oxidation sites excluding steroid dienone is 10. The number of carbonyl (C=O) groups excluding carboxylic acids is 2. The molecular weight excluding hydrogens is 851 g/mol. The summed E-state index contributed by atoms with van der Waals surface area (Å²) >= 11 is 0. The van der Waals surface area contributed by atoms with E-state index in [0.29, 0.717) is 23.9 Å². The van der Waals surface area contributed by atoms with Gasteiger partial charge in [0.1, 0.15) is 13.2 Å².